The Bertz CT molecular complexity index is 1010. The number of hydrogen-bond acceptors (Lipinski definition) is 3. The monoisotopic (exact) mass is 370 g/mol. The molecule has 0 bridgehead atoms. The smallest absolute Gasteiger partial charge is 0.263 e. The zero-order valence-electron chi connectivity index (χ0n) is 14.4. The van der Waals surface area contributed by atoms with Crippen LogP contribution in [-0.2, 0) is 25.8 Å². The van der Waals surface area contributed by atoms with Crippen LogP contribution < -0.4 is 5.56 Å². The summed E-state index contributed by atoms with van der Waals surface area (Å²) in [5, 5.41) is 0.889. The fourth-order valence-electron chi connectivity index (χ4n) is 3.75. The number of aromatic amines is 1. The summed E-state index contributed by atoms with van der Waals surface area (Å²) in [5.74, 6) is 0.705. The van der Waals surface area contributed by atoms with Gasteiger partial charge in [0, 0.05) is 11.4 Å². The molecule has 1 atom stereocenters. The minimum absolute atomic E-state index is 0.0962. The molecule has 25 heavy (non-hydrogen) atoms. The summed E-state index contributed by atoms with van der Waals surface area (Å²) < 4.78 is 2.31. The van der Waals surface area contributed by atoms with E-state index in [-0.39, 0.29) is 5.56 Å². The van der Waals surface area contributed by atoms with Gasteiger partial charge in [-0.1, -0.05) is 37.3 Å². The maximum absolute atomic E-state index is 13.1. The van der Waals surface area contributed by atoms with Gasteiger partial charge < -0.3 is 4.98 Å². The van der Waals surface area contributed by atoms with E-state index in [1.165, 1.54) is 22.4 Å². The number of aryl methyl sites for hydroxylation is 2. The van der Waals surface area contributed by atoms with Crippen molar-refractivity contribution in [3.8, 4) is 0 Å². The van der Waals surface area contributed by atoms with Gasteiger partial charge in [-0.3, -0.25) is 9.36 Å². The molecule has 1 N–H and O–H groups in total. The van der Waals surface area contributed by atoms with Crippen molar-refractivity contribution >= 4 is 33.8 Å². The van der Waals surface area contributed by atoms with Gasteiger partial charge in [0.25, 0.3) is 5.56 Å². The first-order valence-corrected chi connectivity index (χ1v) is 10.2. The Labute approximate surface area is 156 Å². The van der Waals surface area contributed by atoms with E-state index in [1.54, 1.807) is 15.9 Å². The summed E-state index contributed by atoms with van der Waals surface area (Å²) in [6.07, 6.45) is 5.14. The third-order valence-corrected chi connectivity index (χ3v) is 6.62. The van der Waals surface area contributed by atoms with Crippen molar-refractivity contribution in [1.29, 1.82) is 0 Å². The first kappa shape index (κ1) is 16.7. The minimum atomic E-state index is 0.0962. The molecule has 1 aliphatic carbocycles. The Kier molecular flexibility index (Phi) is 4.61. The van der Waals surface area contributed by atoms with E-state index in [2.05, 4.69) is 36.2 Å². The molecule has 1 unspecified atom stereocenters. The van der Waals surface area contributed by atoms with Crippen LogP contribution >= 0.6 is 23.6 Å². The molecular formula is C20H22N2OS2. The number of H-pyrrole nitrogens is 1. The molecule has 1 aliphatic rings. The molecule has 1 aromatic carbocycles. The second kappa shape index (κ2) is 6.89. The van der Waals surface area contributed by atoms with Crippen molar-refractivity contribution in [3.63, 3.8) is 0 Å². The van der Waals surface area contributed by atoms with Crippen LogP contribution in [0.15, 0.2) is 35.1 Å². The fraction of sp³-hybridized carbons (Fsp3) is 0.400. The molecule has 0 aliphatic heterocycles. The lowest BCUT2D eigenvalue weighted by Gasteiger charge is -2.17. The van der Waals surface area contributed by atoms with Crippen LogP contribution in [0.3, 0.4) is 0 Å². The van der Waals surface area contributed by atoms with Gasteiger partial charge in [0.2, 0.25) is 0 Å². The predicted octanol–water partition coefficient (Wildman–Crippen LogP) is 4.88. The van der Waals surface area contributed by atoms with Gasteiger partial charge >= 0.3 is 0 Å². The topological polar surface area (TPSA) is 37.8 Å². The molecule has 3 nitrogen and oxygen atoms in total. The third kappa shape index (κ3) is 3.23. The second-order valence-electron chi connectivity index (χ2n) is 7.03. The number of fused-ring (bicyclic) bond motifs is 3. The number of benzene rings is 1. The lowest BCUT2D eigenvalue weighted by molar-refractivity contribution is 0.509. The molecule has 0 saturated carbocycles. The van der Waals surface area contributed by atoms with Crippen LogP contribution in [0.25, 0.3) is 10.2 Å². The quantitative estimate of drug-likeness (QED) is 0.665. The van der Waals surface area contributed by atoms with Crippen molar-refractivity contribution in [1.82, 2.24) is 9.55 Å². The van der Waals surface area contributed by atoms with E-state index in [4.69, 9.17) is 12.2 Å². The molecule has 4 rings (SSSR count). The van der Waals surface area contributed by atoms with E-state index < -0.39 is 0 Å². The van der Waals surface area contributed by atoms with Crippen LogP contribution in [0.1, 0.15) is 35.8 Å². The number of nitrogens with one attached hydrogen (secondary N) is 1. The van der Waals surface area contributed by atoms with E-state index in [0.717, 1.165) is 35.9 Å². The largest absolute Gasteiger partial charge is 0.323 e. The van der Waals surface area contributed by atoms with Gasteiger partial charge in [0.05, 0.1) is 5.39 Å². The van der Waals surface area contributed by atoms with Crippen molar-refractivity contribution in [3.05, 3.63) is 61.5 Å². The molecule has 2 aromatic heterocycles. The second-order valence-corrected chi connectivity index (χ2v) is 8.52. The SMILES string of the molecule is CC1CCc2c(sc3[nH]c(=S)n(CCCc4ccccc4)c(=O)c23)C1. The number of hydrogen-bond donors (Lipinski definition) is 1. The van der Waals surface area contributed by atoms with Gasteiger partial charge in [0.15, 0.2) is 4.77 Å². The molecule has 130 valence electrons. The first-order valence-electron chi connectivity index (χ1n) is 8.95. The molecule has 0 amide bonds. The average Bonchev–Trinajstić information content (AvgIpc) is 2.95. The Hall–Kier alpha value is -1.72. The van der Waals surface area contributed by atoms with Gasteiger partial charge in [-0.05, 0) is 61.4 Å². The molecule has 0 fully saturated rings. The Balaban J connectivity index is 1.65. The van der Waals surface area contributed by atoms with Crippen LogP contribution in [0.5, 0.6) is 0 Å². The van der Waals surface area contributed by atoms with Gasteiger partial charge in [0.1, 0.15) is 4.83 Å². The first-order chi connectivity index (χ1) is 12.1. The van der Waals surface area contributed by atoms with Crippen molar-refractivity contribution < 1.29 is 0 Å². The van der Waals surface area contributed by atoms with E-state index >= 15 is 0 Å². The number of aromatic nitrogens is 2. The highest BCUT2D eigenvalue weighted by Gasteiger charge is 2.23. The van der Waals surface area contributed by atoms with Crippen LogP contribution in [0.4, 0.5) is 0 Å². The Morgan fingerprint density at radius 3 is 2.92 bits per heavy atom. The summed E-state index contributed by atoms with van der Waals surface area (Å²) >= 11 is 7.20. The summed E-state index contributed by atoms with van der Waals surface area (Å²) in [7, 11) is 0. The van der Waals surface area contributed by atoms with Crippen LogP contribution in [0.2, 0.25) is 0 Å². The van der Waals surface area contributed by atoms with Gasteiger partial charge in [-0.2, -0.15) is 0 Å². The number of rotatable bonds is 4. The van der Waals surface area contributed by atoms with Crippen molar-refractivity contribution in [2.24, 2.45) is 5.92 Å². The highest BCUT2D eigenvalue weighted by Crippen LogP contribution is 2.35. The number of thiophene rings is 1. The Morgan fingerprint density at radius 1 is 1.32 bits per heavy atom. The minimum Gasteiger partial charge on any atom is -0.323 e. The summed E-state index contributed by atoms with van der Waals surface area (Å²) in [6.45, 7) is 2.96. The molecule has 3 aromatic rings. The maximum atomic E-state index is 13.1. The van der Waals surface area contributed by atoms with Crippen molar-refractivity contribution in [2.45, 2.75) is 45.6 Å². The molecular weight excluding hydrogens is 348 g/mol. The molecule has 5 heteroatoms. The predicted molar refractivity (Wildman–Crippen MR) is 107 cm³/mol. The normalized spacial score (nSPS) is 16.9. The van der Waals surface area contributed by atoms with E-state index in [9.17, 15) is 4.79 Å². The summed E-state index contributed by atoms with van der Waals surface area (Å²) in [4.78, 5) is 18.7. The molecule has 0 saturated heterocycles. The number of nitrogens with zero attached hydrogens (tertiary/aromatic N) is 1. The summed E-state index contributed by atoms with van der Waals surface area (Å²) in [5.41, 5.74) is 2.67. The molecule has 2 heterocycles. The highest BCUT2D eigenvalue weighted by molar-refractivity contribution is 7.71. The van der Waals surface area contributed by atoms with E-state index in [0.29, 0.717) is 17.2 Å². The standard InChI is InChI=1S/C20H22N2OS2/c1-13-9-10-15-16(12-13)25-18-17(15)19(23)22(20(24)21-18)11-5-8-14-6-3-2-4-7-14/h2-4,6-7,13H,5,8-12H2,1H3,(H,21,24). The fourth-order valence-corrected chi connectivity index (χ4v) is 5.49. The zero-order chi connectivity index (χ0) is 17.4. The van der Waals surface area contributed by atoms with Crippen molar-refractivity contribution in [2.75, 3.05) is 0 Å². The lowest BCUT2D eigenvalue weighted by Crippen LogP contribution is -2.23. The molecule has 0 spiro atoms. The highest BCUT2D eigenvalue weighted by atomic mass is 32.1. The van der Waals surface area contributed by atoms with Crippen LogP contribution in [-0.4, -0.2) is 9.55 Å². The van der Waals surface area contributed by atoms with Gasteiger partial charge in [-0.15, -0.1) is 11.3 Å². The lowest BCUT2D eigenvalue weighted by atomic mass is 9.89. The molecule has 0 radical (unpaired) electrons. The zero-order valence-corrected chi connectivity index (χ0v) is 16.0. The van der Waals surface area contributed by atoms with E-state index in [1.807, 2.05) is 6.07 Å². The average molecular weight is 371 g/mol. The summed E-state index contributed by atoms with van der Waals surface area (Å²) in [6, 6.07) is 10.4. The van der Waals surface area contributed by atoms with Crippen LogP contribution in [0, 0.1) is 10.7 Å². The maximum Gasteiger partial charge on any atom is 0.263 e. The van der Waals surface area contributed by atoms with Gasteiger partial charge in [-0.25, -0.2) is 0 Å². The Morgan fingerprint density at radius 2 is 2.12 bits per heavy atom. The third-order valence-electron chi connectivity index (χ3n) is 5.13.